The fraction of sp³-hybridized carbons (Fsp3) is 0.667. The second kappa shape index (κ2) is 4.85. The highest BCUT2D eigenvalue weighted by atomic mass is 32.2. The van der Waals surface area contributed by atoms with E-state index in [0.717, 1.165) is 17.1 Å². The van der Waals surface area contributed by atoms with Crippen molar-refractivity contribution in [2.75, 3.05) is 0 Å². The summed E-state index contributed by atoms with van der Waals surface area (Å²) >= 11 is 0. The minimum absolute atomic E-state index is 0.0745. The molecule has 110 valence electrons. The first kappa shape index (κ1) is 13.6. The van der Waals surface area contributed by atoms with Crippen molar-refractivity contribution in [1.29, 1.82) is 0 Å². The number of carbonyl (C=O) groups is 1. The zero-order valence-electron chi connectivity index (χ0n) is 10.9. The minimum atomic E-state index is -3.57. The molecule has 0 spiro atoms. The lowest BCUT2D eigenvalue weighted by atomic mass is 10.1. The molecule has 7 nitrogen and oxygen atoms in total. The van der Waals surface area contributed by atoms with E-state index in [9.17, 15) is 18.3 Å². The molecule has 1 aliphatic carbocycles. The second-order valence-electron chi connectivity index (χ2n) is 5.38. The van der Waals surface area contributed by atoms with Gasteiger partial charge in [-0.3, -0.25) is 4.79 Å². The van der Waals surface area contributed by atoms with Gasteiger partial charge in [0.05, 0.1) is 29.5 Å². The van der Waals surface area contributed by atoms with E-state index in [2.05, 4.69) is 9.97 Å². The number of hydrogen-bond donors (Lipinski definition) is 2. The fourth-order valence-electron chi connectivity index (χ4n) is 3.07. The van der Waals surface area contributed by atoms with Crippen LogP contribution in [0.25, 0.3) is 0 Å². The molecule has 1 saturated carbocycles. The normalized spacial score (nSPS) is 24.7. The smallest absolute Gasteiger partial charge is 0.322 e. The maximum Gasteiger partial charge on any atom is 0.322 e. The monoisotopic (exact) mass is 299 g/mol. The number of imidazole rings is 1. The number of sulfonamides is 1. The number of hydrogen-bond acceptors (Lipinski definition) is 4. The number of fused-ring (bicyclic) bond motifs is 1. The highest BCUT2D eigenvalue weighted by Crippen LogP contribution is 2.32. The molecule has 1 aliphatic heterocycles. The number of carboxylic acid groups (broad SMARTS) is 1. The Bertz CT molecular complexity index is 618. The van der Waals surface area contributed by atoms with Crippen LogP contribution in [0.3, 0.4) is 0 Å². The van der Waals surface area contributed by atoms with Crippen LogP contribution in [-0.2, 0) is 27.8 Å². The zero-order chi connectivity index (χ0) is 14.3. The minimum Gasteiger partial charge on any atom is -0.480 e. The molecular formula is C12H17N3O4S. The topological polar surface area (TPSA) is 103 Å². The fourth-order valence-corrected chi connectivity index (χ4v) is 5.21. The predicted molar refractivity (Wildman–Crippen MR) is 70.4 cm³/mol. The summed E-state index contributed by atoms with van der Waals surface area (Å²) < 4.78 is 26.5. The Kier molecular flexibility index (Phi) is 3.29. The van der Waals surface area contributed by atoms with Crippen LogP contribution in [0.4, 0.5) is 0 Å². The number of nitrogens with one attached hydrogen (secondary N) is 1. The van der Waals surface area contributed by atoms with Gasteiger partial charge in [-0.1, -0.05) is 12.8 Å². The summed E-state index contributed by atoms with van der Waals surface area (Å²) in [7, 11) is -3.57. The van der Waals surface area contributed by atoms with Crippen molar-refractivity contribution >= 4 is 16.0 Å². The molecule has 0 bridgehead atoms. The van der Waals surface area contributed by atoms with E-state index in [-0.39, 0.29) is 13.0 Å². The zero-order valence-corrected chi connectivity index (χ0v) is 11.8. The van der Waals surface area contributed by atoms with Gasteiger partial charge in [0.2, 0.25) is 10.0 Å². The maximum atomic E-state index is 12.7. The quantitative estimate of drug-likeness (QED) is 0.845. The van der Waals surface area contributed by atoms with Crippen LogP contribution in [0, 0.1) is 0 Å². The number of aromatic amines is 1. The molecule has 8 heteroatoms. The van der Waals surface area contributed by atoms with Gasteiger partial charge in [0.25, 0.3) is 0 Å². The first-order chi connectivity index (χ1) is 9.50. The summed E-state index contributed by atoms with van der Waals surface area (Å²) in [5.74, 6) is -1.11. The van der Waals surface area contributed by atoms with Crippen molar-refractivity contribution in [3.63, 3.8) is 0 Å². The van der Waals surface area contributed by atoms with Crippen molar-refractivity contribution < 1.29 is 18.3 Å². The van der Waals surface area contributed by atoms with Crippen molar-refractivity contribution in [3.05, 3.63) is 17.7 Å². The highest BCUT2D eigenvalue weighted by Gasteiger charge is 2.43. The van der Waals surface area contributed by atoms with Crippen LogP contribution in [0.2, 0.25) is 0 Å². The van der Waals surface area contributed by atoms with E-state index in [1.807, 2.05) is 0 Å². The van der Waals surface area contributed by atoms with Gasteiger partial charge in [-0.2, -0.15) is 4.31 Å². The summed E-state index contributed by atoms with van der Waals surface area (Å²) in [5.41, 5.74) is 1.35. The van der Waals surface area contributed by atoms with Gasteiger partial charge >= 0.3 is 5.97 Å². The van der Waals surface area contributed by atoms with Crippen molar-refractivity contribution in [2.45, 2.75) is 49.9 Å². The summed E-state index contributed by atoms with van der Waals surface area (Å²) in [4.78, 5) is 18.4. The van der Waals surface area contributed by atoms with Gasteiger partial charge in [0.1, 0.15) is 6.04 Å². The third-order valence-corrected chi connectivity index (χ3v) is 6.54. The van der Waals surface area contributed by atoms with E-state index < -0.39 is 27.3 Å². The van der Waals surface area contributed by atoms with Gasteiger partial charge < -0.3 is 10.1 Å². The predicted octanol–water partition coefficient (Wildman–Crippen LogP) is 0.493. The largest absolute Gasteiger partial charge is 0.480 e. The molecule has 1 fully saturated rings. The third-order valence-electron chi connectivity index (χ3n) is 4.19. The van der Waals surface area contributed by atoms with Gasteiger partial charge in [-0.15, -0.1) is 0 Å². The molecule has 2 heterocycles. The summed E-state index contributed by atoms with van der Waals surface area (Å²) in [6.45, 7) is 0.0745. The average Bonchev–Trinajstić information content (AvgIpc) is 3.08. The molecule has 0 saturated heterocycles. The van der Waals surface area contributed by atoms with E-state index in [0.29, 0.717) is 24.2 Å². The van der Waals surface area contributed by atoms with Crippen LogP contribution >= 0.6 is 0 Å². The molecule has 3 rings (SSSR count). The first-order valence-corrected chi connectivity index (χ1v) is 8.25. The Labute approximate surface area is 117 Å². The standard InChI is InChI=1S/C12H17N3O4S/c16-12(17)11-5-9-10(14-7-13-9)6-15(11)20(18,19)8-3-1-2-4-8/h7-8,11H,1-6H2,(H,13,14)(H,16,17). The van der Waals surface area contributed by atoms with E-state index in [1.54, 1.807) is 0 Å². The Hall–Kier alpha value is -1.41. The third kappa shape index (κ3) is 2.12. The molecule has 1 atom stereocenters. The molecule has 1 unspecified atom stereocenters. The van der Waals surface area contributed by atoms with Crippen molar-refractivity contribution in [1.82, 2.24) is 14.3 Å². The molecule has 0 aromatic carbocycles. The second-order valence-corrected chi connectivity index (χ2v) is 7.55. The van der Waals surface area contributed by atoms with Gasteiger partial charge in [0.15, 0.2) is 0 Å². The lowest BCUT2D eigenvalue weighted by Gasteiger charge is -2.33. The summed E-state index contributed by atoms with van der Waals surface area (Å²) in [6.07, 6.45) is 4.65. The Balaban J connectivity index is 1.96. The summed E-state index contributed by atoms with van der Waals surface area (Å²) in [6, 6.07) is -1.05. The number of H-pyrrole nitrogens is 1. The number of aliphatic carboxylic acids is 1. The van der Waals surface area contributed by atoms with E-state index >= 15 is 0 Å². The molecule has 2 aliphatic rings. The Morgan fingerprint density at radius 2 is 2.10 bits per heavy atom. The number of nitrogens with zero attached hydrogens (tertiary/aromatic N) is 2. The first-order valence-electron chi connectivity index (χ1n) is 6.74. The highest BCUT2D eigenvalue weighted by molar-refractivity contribution is 7.89. The lowest BCUT2D eigenvalue weighted by molar-refractivity contribution is -0.141. The molecule has 1 aromatic heterocycles. The van der Waals surface area contributed by atoms with Crippen molar-refractivity contribution in [2.24, 2.45) is 0 Å². The van der Waals surface area contributed by atoms with Crippen molar-refractivity contribution in [3.8, 4) is 0 Å². The van der Waals surface area contributed by atoms with Crippen LogP contribution in [-0.4, -0.2) is 45.1 Å². The van der Waals surface area contributed by atoms with E-state index in [4.69, 9.17) is 0 Å². The van der Waals surface area contributed by atoms with Crippen LogP contribution < -0.4 is 0 Å². The Morgan fingerprint density at radius 1 is 1.40 bits per heavy atom. The molecule has 20 heavy (non-hydrogen) atoms. The average molecular weight is 299 g/mol. The van der Waals surface area contributed by atoms with Crippen LogP contribution in [0.5, 0.6) is 0 Å². The maximum absolute atomic E-state index is 12.7. The lowest BCUT2D eigenvalue weighted by Crippen LogP contribution is -2.51. The number of rotatable bonds is 3. The van der Waals surface area contributed by atoms with Crippen LogP contribution in [0.15, 0.2) is 6.33 Å². The van der Waals surface area contributed by atoms with Gasteiger partial charge in [-0.25, -0.2) is 13.4 Å². The molecule has 0 amide bonds. The SMILES string of the molecule is O=C(O)C1Cc2nc[nH]c2CN1S(=O)(=O)C1CCCC1. The Morgan fingerprint density at radius 3 is 2.75 bits per heavy atom. The van der Waals surface area contributed by atoms with Gasteiger partial charge in [0, 0.05) is 6.42 Å². The number of aromatic nitrogens is 2. The summed E-state index contributed by atoms with van der Waals surface area (Å²) in [5, 5.41) is 8.90. The number of carboxylic acids is 1. The van der Waals surface area contributed by atoms with Crippen LogP contribution in [0.1, 0.15) is 37.1 Å². The molecule has 1 aromatic rings. The molecule has 0 radical (unpaired) electrons. The van der Waals surface area contributed by atoms with Gasteiger partial charge in [-0.05, 0) is 12.8 Å². The molecule has 2 N–H and O–H groups in total. The molecular weight excluding hydrogens is 282 g/mol. The van der Waals surface area contributed by atoms with E-state index in [1.165, 1.54) is 6.33 Å².